The number of rotatable bonds is 3. The predicted molar refractivity (Wildman–Crippen MR) is 72.5 cm³/mol. The molecule has 2 amide bonds. The summed E-state index contributed by atoms with van der Waals surface area (Å²) in [6.45, 7) is 7.44. The highest BCUT2D eigenvalue weighted by molar-refractivity contribution is 6.18. The van der Waals surface area contributed by atoms with Gasteiger partial charge in [0.25, 0.3) is 0 Å². The molecule has 1 saturated carbocycles. The Morgan fingerprint density at radius 1 is 1.24 bits per heavy atom. The molecule has 1 rings (SSSR count). The van der Waals surface area contributed by atoms with Gasteiger partial charge in [0.1, 0.15) is 0 Å². The van der Waals surface area contributed by atoms with Crippen LogP contribution in [-0.4, -0.2) is 24.5 Å². The van der Waals surface area contributed by atoms with Crippen LogP contribution in [0.2, 0.25) is 0 Å². The molecule has 3 nitrogen and oxygen atoms in total. The zero-order valence-electron chi connectivity index (χ0n) is 11.2. The van der Waals surface area contributed by atoms with Gasteiger partial charge in [-0.25, -0.2) is 4.79 Å². The number of hydrogen-bond donors (Lipinski definition) is 2. The zero-order chi connectivity index (χ0) is 12.9. The first-order valence-corrected chi connectivity index (χ1v) is 7.07. The molecule has 1 fully saturated rings. The van der Waals surface area contributed by atoms with E-state index in [9.17, 15) is 4.79 Å². The van der Waals surface area contributed by atoms with Gasteiger partial charge < -0.3 is 10.6 Å². The van der Waals surface area contributed by atoms with Crippen LogP contribution in [0.3, 0.4) is 0 Å². The van der Waals surface area contributed by atoms with Gasteiger partial charge in [-0.05, 0) is 37.0 Å². The first kappa shape index (κ1) is 14.6. The maximum atomic E-state index is 11.5. The summed E-state index contributed by atoms with van der Waals surface area (Å²) >= 11 is 5.52. The van der Waals surface area contributed by atoms with Gasteiger partial charge in [0.2, 0.25) is 0 Å². The van der Waals surface area contributed by atoms with Crippen LogP contribution in [-0.2, 0) is 0 Å². The minimum atomic E-state index is -0.0788. The number of nitrogens with one attached hydrogen (secondary N) is 2. The highest BCUT2D eigenvalue weighted by atomic mass is 35.5. The van der Waals surface area contributed by atoms with Gasteiger partial charge >= 0.3 is 6.03 Å². The van der Waals surface area contributed by atoms with E-state index in [1.165, 1.54) is 12.8 Å². The minimum Gasteiger partial charge on any atom is -0.337 e. The van der Waals surface area contributed by atoms with Gasteiger partial charge in [0, 0.05) is 18.5 Å². The van der Waals surface area contributed by atoms with E-state index in [-0.39, 0.29) is 6.03 Å². The van der Waals surface area contributed by atoms with Crippen LogP contribution in [0.5, 0.6) is 0 Å². The Hall–Kier alpha value is -0.440. The first-order chi connectivity index (χ1) is 7.93. The average Bonchev–Trinajstić information content (AvgIpc) is 2.26. The standard InChI is InChI=1S/C13H25ClN2O/c1-13(2,3)10-4-6-11(7-5-10)16-12(17)15-9-8-14/h10-11H,4-9H2,1-3H3,(H2,15,16,17). The Kier molecular flexibility index (Phi) is 5.57. The van der Waals surface area contributed by atoms with Crippen molar-refractivity contribution in [3.05, 3.63) is 0 Å². The Bertz CT molecular complexity index is 242. The van der Waals surface area contributed by atoms with Gasteiger partial charge in [-0.2, -0.15) is 0 Å². The van der Waals surface area contributed by atoms with E-state index in [4.69, 9.17) is 11.6 Å². The topological polar surface area (TPSA) is 41.1 Å². The number of amides is 2. The molecule has 0 heterocycles. The monoisotopic (exact) mass is 260 g/mol. The summed E-state index contributed by atoms with van der Waals surface area (Å²) in [5.74, 6) is 1.25. The molecule has 0 aromatic carbocycles. The van der Waals surface area contributed by atoms with Crippen molar-refractivity contribution in [3.8, 4) is 0 Å². The lowest BCUT2D eigenvalue weighted by Crippen LogP contribution is -2.44. The lowest BCUT2D eigenvalue weighted by atomic mass is 9.71. The van der Waals surface area contributed by atoms with E-state index in [1.807, 2.05) is 0 Å². The number of hydrogen-bond acceptors (Lipinski definition) is 1. The normalized spacial score (nSPS) is 25.4. The molecule has 0 spiro atoms. The van der Waals surface area contributed by atoms with Crippen molar-refractivity contribution in [3.63, 3.8) is 0 Å². The highest BCUT2D eigenvalue weighted by Gasteiger charge is 2.29. The fourth-order valence-electron chi connectivity index (χ4n) is 2.50. The molecule has 0 aromatic heterocycles. The molecule has 1 aliphatic rings. The average molecular weight is 261 g/mol. The number of carbonyl (C=O) groups is 1. The summed E-state index contributed by atoms with van der Waals surface area (Å²) in [5.41, 5.74) is 0.395. The van der Waals surface area contributed by atoms with Gasteiger partial charge in [0.15, 0.2) is 0 Å². The second-order valence-electron chi connectivity index (χ2n) is 6.00. The van der Waals surface area contributed by atoms with Crippen LogP contribution in [0.4, 0.5) is 4.79 Å². The summed E-state index contributed by atoms with van der Waals surface area (Å²) < 4.78 is 0. The summed E-state index contributed by atoms with van der Waals surface area (Å²) in [4.78, 5) is 11.5. The van der Waals surface area contributed by atoms with Crippen LogP contribution in [0, 0.1) is 11.3 Å². The van der Waals surface area contributed by atoms with Crippen LogP contribution in [0.1, 0.15) is 46.5 Å². The van der Waals surface area contributed by atoms with Gasteiger partial charge in [-0.1, -0.05) is 20.8 Å². The number of carbonyl (C=O) groups excluding carboxylic acids is 1. The van der Waals surface area contributed by atoms with Gasteiger partial charge in [-0.3, -0.25) is 0 Å². The Morgan fingerprint density at radius 3 is 2.29 bits per heavy atom. The molecule has 0 saturated heterocycles. The molecule has 4 heteroatoms. The molecule has 0 atom stereocenters. The smallest absolute Gasteiger partial charge is 0.315 e. The van der Waals surface area contributed by atoms with E-state index in [0.29, 0.717) is 23.9 Å². The van der Waals surface area contributed by atoms with Crippen LogP contribution in [0.25, 0.3) is 0 Å². The third-order valence-corrected chi connectivity index (χ3v) is 3.86. The van der Waals surface area contributed by atoms with Crippen molar-refractivity contribution in [2.75, 3.05) is 12.4 Å². The van der Waals surface area contributed by atoms with Crippen molar-refractivity contribution in [1.82, 2.24) is 10.6 Å². The van der Waals surface area contributed by atoms with Crippen molar-refractivity contribution in [2.45, 2.75) is 52.5 Å². The lowest BCUT2D eigenvalue weighted by molar-refractivity contribution is 0.160. The predicted octanol–water partition coefficient (Wildman–Crippen LogP) is 3.13. The molecule has 100 valence electrons. The van der Waals surface area contributed by atoms with Gasteiger partial charge in [-0.15, -0.1) is 11.6 Å². The van der Waals surface area contributed by atoms with Crippen molar-refractivity contribution in [1.29, 1.82) is 0 Å². The lowest BCUT2D eigenvalue weighted by Gasteiger charge is -2.37. The fourth-order valence-corrected chi connectivity index (χ4v) is 2.60. The number of alkyl halides is 1. The third kappa shape index (κ3) is 5.15. The molecular formula is C13H25ClN2O. The molecule has 0 aliphatic heterocycles. The Balaban J connectivity index is 2.25. The number of urea groups is 1. The summed E-state index contributed by atoms with van der Waals surface area (Å²) in [6.07, 6.45) is 4.61. The summed E-state index contributed by atoms with van der Waals surface area (Å²) in [5, 5.41) is 5.76. The van der Waals surface area contributed by atoms with Crippen LogP contribution in [0.15, 0.2) is 0 Å². The molecule has 0 bridgehead atoms. The van der Waals surface area contributed by atoms with E-state index in [0.717, 1.165) is 18.8 Å². The van der Waals surface area contributed by atoms with Crippen molar-refractivity contribution < 1.29 is 4.79 Å². The quantitative estimate of drug-likeness (QED) is 0.752. The molecule has 17 heavy (non-hydrogen) atoms. The first-order valence-electron chi connectivity index (χ1n) is 6.54. The Labute approximate surface area is 110 Å². The third-order valence-electron chi connectivity index (χ3n) is 3.67. The molecule has 2 N–H and O–H groups in total. The molecule has 0 radical (unpaired) electrons. The van der Waals surface area contributed by atoms with Crippen molar-refractivity contribution in [2.24, 2.45) is 11.3 Å². The maximum absolute atomic E-state index is 11.5. The second kappa shape index (κ2) is 6.48. The molecular weight excluding hydrogens is 236 g/mol. The number of halogens is 1. The zero-order valence-corrected chi connectivity index (χ0v) is 11.9. The highest BCUT2D eigenvalue weighted by Crippen LogP contribution is 2.37. The van der Waals surface area contributed by atoms with Crippen molar-refractivity contribution >= 4 is 17.6 Å². The van der Waals surface area contributed by atoms with E-state index >= 15 is 0 Å². The van der Waals surface area contributed by atoms with Gasteiger partial charge in [0.05, 0.1) is 0 Å². The van der Waals surface area contributed by atoms with Crippen LogP contribution >= 0.6 is 11.6 Å². The molecule has 0 aromatic rings. The molecule has 1 aliphatic carbocycles. The largest absolute Gasteiger partial charge is 0.337 e. The second-order valence-corrected chi connectivity index (χ2v) is 6.38. The summed E-state index contributed by atoms with van der Waals surface area (Å²) in [6, 6.07) is 0.258. The van der Waals surface area contributed by atoms with Crippen LogP contribution < -0.4 is 10.6 Å². The fraction of sp³-hybridized carbons (Fsp3) is 0.923. The molecule has 0 unspecified atom stereocenters. The minimum absolute atomic E-state index is 0.0788. The maximum Gasteiger partial charge on any atom is 0.315 e. The van der Waals surface area contributed by atoms with E-state index in [1.54, 1.807) is 0 Å². The Morgan fingerprint density at radius 2 is 1.82 bits per heavy atom. The SMILES string of the molecule is CC(C)(C)C1CCC(NC(=O)NCCCl)CC1. The summed E-state index contributed by atoms with van der Waals surface area (Å²) in [7, 11) is 0. The van der Waals surface area contributed by atoms with E-state index in [2.05, 4.69) is 31.4 Å². The van der Waals surface area contributed by atoms with E-state index < -0.39 is 0 Å².